The maximum atomic E-state index is 12.4. The molecule has 1 aromatic carbocycles. The van der Waals surface area contributed by atoms with E-state index in [-0.39, 0.29) is 11.3 Å². The van der Waals surface area contributed by atoms with E-state index in [0.717, 1.165) is 32.0 Å². The molecule has 104 valence electrons. The van der Waals surface area contributed by atoms with E-state index in [1.165, 1.54) is 0 Å². The van der Waals surface area contributed by atoms with E-state index in [9.17, 15) is 9.59 Å². The number of para-hydroxylation sites is 1. The number of carbonyl (C=O) groups is 2. The highest BCUT2D eigenvalue weighted by atomic mass is 16.2. The van der Waals surface area contributed by atoms with Gasteiger partial charge in [-0.2, -0.15) is 0 Å². The molecule has 0 fully saturated rings. The Morgan fingerprint density at radius 2 is 2.00 bits per heavy atom. The number of benzene rings is 1. The first-order valence-electron chi connectivity index (χ1n) is 6.93. The van der Waals surface area contributed by atoms with Gasteiger partial charge in [0.1, 0.15) is 0 Å². The van der Waals surface area contributed by atoms with Gasteiger partial charge in [0.05, 0.1) is 5.69 Å². The fourth-order valence-electron chi connectivity index (χ4n) is 2.00. The van der Waals surface area contributed by atoms with Crippen LogP contribution in [0.5, 0.6) is 0 Å². The number of nitrogens with one attached hydrogen (secondary N) is 1. The molecule has 3 nitrogen and oxygen atoms in total. The maximum absolute atomic E-state index is 12.4. The van der Waals surface area contributed by atoms with E-state index < -0.39 is 0 Å². The number of unbranched alkanes of at least 4 members (excludes halogenated alkanes) is 1. The molecule has 0 heterocycles. The molecule has 1 amide bonds. The number of rotatable bonds is 7. The lowest BCUT2D eigenvalue weighted by molar-refractivity contribution is -0.125. The van der Waals surface area contributed by atoms with Gasteiger partial charge in [-0.05, 0) is 25.0 Å². The molecule has 1 aromatic rings. The average molecular weight is 261 g/mol. The fourth-order valence-corrected chi connectivity index (χ4v) is 2.00. The van der Waals surface area contributed by atoms with Crippen LogP contribution in [-0.2, 0) is 4.79 Å². The monoisotopic (exact) mass is 261 g/mol. The van der Waals surface area contributed by atoms with Crippen LogP contribution in [-0.4, -0.2) is 12.2 Å². The molecule has 1 N–H and O–H groups in total. The summed E-state index contributed by atoms with van der Waals surface area (Å²) in [5.74, 6) is -0.00208. The predicted molar refractivity (Wildman–Crippen MR) is 78.4 cm³/mol. The molecular weight excluding hydrogens is 238 g/mol. The van der Waals surface area contributed by atoms with Gasteiger partial charge in [0, 0.05) is 11.0 Å². The van der Waals surface area contributed by atoms with Gasteiger partial charge >= 0.3 is 0 Å². The minimum atomic E-state index is -0.369. The lowest BCUT2D eigenvalue weighted by atomic mass is 9.81. The Morgan fingerprint density at radius 3 is 2.58 bits per heavy atom. The zero-order valence-electron chi connectivity index (χ0n) is 12.0. The van der Waals surface area contributed by atoms with Gasteiger partial charge in [0.15, 0.2) is 6.29 Å². The number of hydrogen-bond donors (Lipinski definition) is 1. The number of aldehydes is 1. The van der Waals surface area contributed by atoms with Gasteiger partial charge in [-0.15, -0.1) is 0 Å². The van der Waals surface area contributed by atoms with E-state index in [1.54, 1.807) is 18.2 Å². The van der Waals surface area contributed by atoms with Crippen LogP contribution in [0.15, 0.2) is 24.3 Å². The molecule has 0 spiro atoms. The quantitative estimate of drug-likeness (QED) is 0.753. The third-order valence-corrected chi connectivity index (χ3v) is 3.75. The first-order valence-corrected chi connectivity index (χ1v) is 6.93. The topological polar surface area (TPSA) is 46.2 Å². The first-order chi connectivity index (χ1) is 9.07. The predicted octanol–water partition coefficient (Wildman–Crippen LogP) is 4.04. The zero-order valence-corrected chi connectivity index (χ0v) is 12.0. The van der Waals surface area contributed by atoms with E-state index in [4.69, 9.17) is 0 Å². The zero-order chi connectivity index (χ0) is 14.3. The van der Waals surface area contributed by atoms with Crippen LogP contribution in [0, 0.1) is 5.41 Å². The van der Waals surface area contributed by atoms with Gasteiger partial charge in [0.2, 0.25) is 5.91 Å². The minimum absolute atomic E-state index is 0.00208. The maximum Gasteiger partial charge on any atom is 0.230 e. The van der Waals surface area contributed by atoms with Crippen LogP contribution >= 0.6 is 0 Å². The van der Waals surface area contributed by atoms with Crippen LogP contribution in [0.3, 0.4) is 0 Å². The average Bonchev–Trinajstić information content (AvgIpc) is 2.45. The number of amides is 1. The van der Waals surface area contributed by atoms with Crippen LogP contribution in [0.2, 0.25) is 0 Å². The second-order valence-corrected chi connectivity index (χ2v) is 5.18. The van der Waals surface area contributed by atoms with Crippen molar-refractivity contribution in [1.29, 1.82) is 0 Å². The van der Waals surface area contributed by atoms with Crippen LogP contribution in [0.4, 0.5) is 5.69 Å². The third kappa shape index (κ3) is 3.91. The van der Waals surface area contributed by atoms with E-state index in [0.29, 0.717) is 11.3 Å². The lowest BCUT2D eigenvalue weighted by Crippen LogP contribution is -2.33. The Kier molecular flexibility index (Phi) is 5.74. The lowest BCUT2D eigenvalue weighted by Gasteiger charge is -2.27. The molecule has 3 heteroatoms. The summed E-state index contributed by atoms with van der Waals surface area (Å²) in [5.41, 5.74) is 0.745. The summed E-state index contributed by atoms with van der Waals surface area (Å²) in [5, 5.41) is 2.89. The second kappa shape index (κ2) is 7.07. The molecule has 1 unspecified atom stereocenters. The molecule has 19 heavy (non-hydrogen) atoms. The van der Waals surface area contributed by atoms with Crippen molar-refractivity contribution < 1.29 is 9.59 Å². The molecule has 0 aromatic heterocycles. The highest BCUT2D eigenvalue weighted by Crippen LogP contribution is 2.30. The normalized spacial score (nSPS) is 13.6. The number of anilines is 1. The Morgan fingerprint density at radius 1 is 1.32 bits per heavy atom. The van der Waals surface area contributed by atoms with Crippen molar-refractivity contribution >= 4 is 17.9 Å². The van der Waals surface area contributed by atoms with Crippen LogP contribution in [0.25, 0.3) is 0 Å². The van der Waals surface area contributed by atoms with E-state index >= 15 is 0 Å². The SMILES string of the molecule is CCCCC(C)(CC)C(=O)Nc1ccccc1C=O. The third-order valence-electron chi connectivity index (χ3n) is 3.75. The minimum Gasteiger partial charge on any atom is -0.325 e. The Bertz CT molecular complexity index is 442. The van der Waals surface area contributed by atoms with E-state index in [2.05, 4.69) is 12.2 Å². The summed E-state index contributed by atoms with van der Waals surface area (Å²) in [6, 6.07) is 7.07. The largest absolute Gasteiger partial charge is 0.325 e. The summed E-state index contributed by atoms with van der Waals surface area (Å²) in [6.07, 6.45) is 4.54. The van der Waals surface area contributed by atoms with Crippen molar-refractivity contribution in [2.45, 2.75) is 46.5 Å². The van der Waals surface area contributed by atoms with Gasteiger partial charge in [0.25, 0.3) is 0 Å². The Balaban J connectivity index is 2.85. The first kappa shape index (κ1) is 15.4. The summed E-state index contributed by atoms with van der Waals surface area (Å²) >= 11 is 0. The Hall–Kier alpha value is -1.64. The molecule has 1 atom stereocenters. The van der Waals surface area contributed by atoms with Crippen molar-refractivity contribution in [2.24, 2.45) is 5.41 Å². The van der Waals surface area contributed by atoms with Crippen molar-refractivity contribution in [3.63, 3.8) is 0 Å². The second-order valence-electron chi connectivity index (χ2n) is 5.18. The van der Waals surface area contributed by atoms with Crippen molar-refractivity contribution in [1.82, 2.24) is 0 Å². The van der Waals surface area contributed by atoms with Crippen molar-refractivity contribution in [3.8, 4) is 0 Å². The van der Waals surface area contributed by atoms with E-state index in [1.807, 2.05) is 19.9 Å². The van der Waals surface area contributed by atoms with Crippen LogP contribution < -0.4 is 5.32 Å². The molecule has 0 aliphatic carbocycles. The molecule has 0 bridgehead atoms. The smallest absolute Gasteiger partial charge is 0.230 e. The molecule has 1 rings (SSSR count). The van der Waals surface area contributed by atoms with Gasteiger partial charge in [-0.3, -0.25) is 9.59 Å². The summed E-state index contributed by atoms with van der Waals surface area (Å²) < 4.78 is 0. The summed E-state index contributed by atoms with van der Waals surface area (Å²) in [4.78, 5) is 23.4. The highest BCUT2D eigenvalue weighted by molar-refractivity contribution is 5.99. The molecule has 0 aliphatic heterocycles. The molecule has 0 saturated carbocycles. The highest BCUT2D eigenvalue weighted by Gasteiger charge is 2.30. The van der Waals surface area contributed by atoms with Gasteiger partial charge < -0.3 is 5.32 Å². The van der Waals surface area contributed by atoms with Crippen molar-refractivity contribution in [2.75, 3.05) is 5.32 Å². The van der Waals surface area contributed by atoms with Crippen molar-refractivity contribution in [3.05, 3.63) is 29.8 Å². The molecule has 0 saturated heterocycles. The van der Waals surface area contributed by atoms with Crippen LogP contribution in [0.1, 0.15) is 56.8 Å². The number of carbonyl (C=O) groups excluding carboxylic acids is 2. The molecule has 0 aliphatic rings. The molecular formula is C16H23NO2. The standard InChI is InChI=1S/C16H23NO2/c1-4-6-11-16(3,5-2)15(19)17-14-10-8-7-9-13(14)12-18/h7-10,12H,4-6,11H2,1-3H3,(H,17,19). The summed E-state index contributed by atoms with van der Waals surface area (Å²) in [6.45, 7) is 6.14. The number of hydrogen-bond acceptors (Lipinski definition) is 2. The molecule has 0 radical (unpaired) electrons. The van der Waals surface area contributed by atoms with Gasteiger partial charge in [-0.1, -0.05) is 45.7 Å². The van der Waals surface area contributed by atoms with Gasteiger partial charge in [-0.25, -0.2) is 0 Å². The fraction of sp³-hybridized carbons (Fsp3) is 0.500. The summed E-state index contributed by atoms with van der Waals surface area (Å²) in [7, 11) is 0. The Labute approximate surface area is 115 Å².